The second-order valence-electron chi connectivity index (χ2n) is 5.11. The van der Waals surface area contributed by atoms with Gasteiger partial charge in [-0.15, -0.1) is 10.2 Å². The van der Waals surface area contributed by atoms with Gasteiger partial charge < -0.3 is 15.6 Å². The summed E-state index contributed by atoms with van der Waals surface area (Å²) in [6.45, 7) is 3.67. The molecule has 1 aliphatic rings. The first-order chi connectivity index (χ1) is 10.1. The van der Waals surface area contributed by atoms with Crippen molar-refractivity contribution >= 4 is 17.7 Å². The van der Waals surface area contributed by atoms with E-state index in [9.17, 15) is 4.79 Å². The van der Waals surface area contributed by atoms with Crippen LogP contribution in [-0.4, -0.2) is 32.1 Å². The molecule has 2 heterocycles. The van der Waals surface area contributed by atoms with Crippen molar-refractivity contribution in [1.82, 2.24) is 20.2 Å². The van der Waals surface area contributed by atoms with E-state index < -0.39 is 0 Å². The maximum Gasteiger partial charge on any atom is 0.233 e. The van der Waals surface area contributed by atoms with Crippen LogP contribution >= 0.6 is 11.8 Å². The monoisotopic (exact) mass is 307 g/mol. The van der Waals surface area contributed by atoms with Crippen LogP contribution in [0.2, 0.25) is 0 Å². The molecule has 0 saturated heterocycles. The van der Waals surface area contributed by atoms with Crippen molar-refractivity contribution in [2.24, 2.45) is 0 Å². The minimum Gasteiger partial charge on any atom is -0.469 e. The van der Waals surface area contributed by atoms with Crippen molar-refractivity contribution in [3.8, 4) is 11.4 Å². The Labute approximate surface area is 126 Å². The van der Waals surface area contributed by atoms with Gasteiger partial charge in [0.1, 0.15) is 5.76 Å². The predicted octanol–water partition coefficient (Wildman–Crippen LogP) is 1.32. The molecule has 2 aromatic heterocycles. The maximum absolute atomic E-state index is 12.0. The van der Waals surface area contributed by atoms with E-state index in [0.717, 1.165) is 24.2 Å². The van der Waals surface area contributed by atoms with Crippen LogP contribution in [0.1, 0.15) is 25.5 Å². The number of aromatic nitrogens is 3. The van der Waals surface area contributed by atoms with Gasteiger partial charge in [0, 0.05) is 6.04 Å². The van der Waals surface area contributed by atoms with Gasteiger partial charge in [0.05, 0.1) is 17.1 Å². The quantitative estimate of drug-likeness (QED) is 0.638. The Balaban J connectivity index is 1.73. The minimum atomic E-state index is -0.268. The van der Waals surface area contributed by atoms with Crippen molar-refractivity contribution in [2.75, 3.05) is 5.84 Å². The number of rotatable bonds is 5. The number of thioether (sulfide) groups is 1. The molecule has 3 N–H and O–H groups in total. The largest absolute Gasteiger partial charge is 0.469 e. The SMILES string of the molecule is Cc1occc1-c1nnc(SC(C)C(=O)NC2CC2)n1N. The van der Waals surface area contributed by atoms with E-state index in [4.69, 9.17) is 10.3 Å². The number of carbonyl (C=O) groups excluding carboxylic acids is 1. The van der Waals surface area contributed by atoms with Crippen LogP contribution in [0.15, 0.2) is 21.9 Å². The molecule has 1 atom stereocenters. The highest BCUT2D eigenvalue weighted by Crippen LogP contribution is 2.27. The zero-order chi connectivity index (χ0) is 15.0. The molecule has 1 aliphatic carbocycles. The molecule has 0 spiro atoms. The zero-order valence-electron chi connectivity index (χ0n) is 11.9. The summed E-state index contributed by atoms with van der Waals surface area (Å²) >= 11 is 1.29. The average Bonchev–Trinajstić information content (AvgIpc) is 3.06. The summed E-state index contributed by atoms with van der Waals surface area (Å²) in [5.74, 6) is 7.28. The summed E-state index contributed by atoms with van der Waals surface area (Å²) in [4.78, 5) is 12.0. The Hall–Kier alpha value is -1.96. The topological polar surface area (TPSA) is 99.0 Å². The number of amides is 1. The molecular weight excluding hydrogens is 290 g/mol. The molecule has 7 nitrogen and oxygen atoms in total. The molecule has 3 rings (SSSR count). The van der Waals surface area contributed by atoms with Crippen molar-refractivity contribution in [1.29, 1.82) is 0 Å². The van der Waals surface area contributed by atoms with E-state index in [-0.39, 0.29) is 11.2 Å². The summed E-state index contributed by atoms with van der Waals surface area (Å²) in [6, 6.07) is 2.14. The first-order valence-corrected chi connectivity index (χ1v) is 7.66. The van der Waals surface area contributed by atoms with E-state index in [1.807, 2.05) is 13.8 Å². The molecule has 1 saturated carbocycles. The third kappa shape index (κ3) is 2.90. The highest BCUT2D eigenvalue weighted by atomic mass is 32.2. The van der Waals surface area contributed by atoms with Crippen LogP contribution in [0.3, 0.4) is 0 Å². The van der Waals surface area contributed by atoms with Crippen LogP contribution in [0.5, 0.6) is 0 Å². The Morgan fingerprint density at radius 2 is 2.33 bits per heavy atom. The van der Waals surface area contributed by atoms with Crippen LogP contribution in [0.4, 0.5) is 0 Å². The fourth-order valence-corrected chi connectivity index (χ4v) is 2.70. The lowest BCUT2D eigenvalue weighted by Gasteiger charge is -2.10. The van der Waals surface area contributed by atoms with Gasteiger partial charge in [-0.25, -0.2) is 4.68 Å². The molecule has 1 fully saturated rings. The van der Waals surface area contributed by atoms with Crippen LogP contribution < -0.4 is 11.2 Å². The van der Waals surface area contributed by atoms with E-state index in [2.05, 4.69) is 15.5 Å². The zero-order valence-corrected chi connectivity index (χ0v) is 12.7. The number of nitrogens with one attached hydrogen (secondary N) is 1. The Morgan fingerprint density at radius 1 is 1.57 bits per heavy atom. The van der Waals surface area contributed by atoms with Crippen molar-refractivity contribution in [2.45, 2.75) is 43.1 Å². The lowest BCUT2D eigenvalue weighted by molar-refractivity contribution is -0.120. The molecule has 0 aromatic carbocycles. The normalized spacial score (nSPS) is 15.9. The number of aryl methyl sites for hydroxylation is 1. The number of hydrogen-bond donors (Lipinski definition) is 2. The molecular formula is C13H17N5O2S. The molecule has 8 heteroatoms. The predicted molar refractivity (Wildman–Crippen MR) is 79.1 cm³/mol. The third-order valence-electron chi connectivity index (χ3n) is 3.34. The first kappa shape index (κ1) is 14.0. The van der Waals surface area contributed by atoms with Crippen molar-refractivity contribution in [3.05, 3.63) is 18.1 Å². The van der Waals surface area contributed by atoms with Gasteiger partial charge >= 0.3 is 0 Å². The Kier molecular flexibility index (Phi) is 3.62. The summed E-state index contributed by atoms with van der Waals surface area (Å²) < 4.78 is 6.64. The Morgan fingerprint density at radius 3 is 2.95 bits per heavy atom. The molecule has 0 bridgehead atoms. The summed E-state index contributed by atoms with van der Waals surface area (Å²) in [7, 11) is 0. The van der Waals surface area contributed by atoms with E-state index in [1.165, 1.54) is 16.4 Å². The Bertz CT molecular complexity index is 661. The molecule has 112 valence electrons. The van der Waals surface area contributed by atoms with Gasteiger partial charge in [-0.1, -0.05) is 11.8 Å². The van der Waals surface area contributed by atoms with Crippen LogP contribution in [0, 0.1) is 6.92 Å². The van der Waals surface area contributed by atoms with E-state index in [1.54, 1.807) is 12.3 Å². The number of nitrogen functional groups attached to an aromatic ring is 1. The number of nitrogens with two attached hydrogens (primary N) is 1. The van der Waals surface area contributed by atoms with Crippen molar-refractivity contribution < 1.29 is 9.21 Å². The summed E-state index contributed by atoms with van der Waals surface area (Å²) in [5.41, 5.74) is 0.798. The highest BCUT2D eigenvalue weighted by molar-refractivity contribution is 8.00. The van der Waals surface area contributed by atoms with Crippen LogP contribution in [-0.2, 0) is 4.79 Å². The first-order valence-electron chi connectivity index (χ1n) is 6.78. The van der Waals surface area contributed by atoms with Gasteiger partial charge in [0.15, 0.2) is 5.82 Å². The highest BCUT2D eigenvalue weighted by Gasteiger charge is 2.27. The molecule has 1 unspecified atom stereocenters. The average molecular weight is 307 g/mol. The van der Waals surface area contributed by atoms with Gasteiger partial charge in [-0.3, -0.25) is 4.79 Å². The number of hydrogen-bond acceptors (Lipinski definition) is 6. The van der Waals surface area contributed by atoms with Gasteiger partial charge in [-0.2, -0.15) is 0 Å². The molecule has 0 aliphatic heterocycles. The molecule has 21 heavy (non-hydrogen) atoms. The van der Waals surface area contributed by atoms with Gasteiger partial charge in [0.2, 0.25) is 11.1 Å². The number of nitrogens with zero attached hydrogens (tertiary/aromatic N) is 3. The standard InChI is InChI=1S/C13H17N5O2S/c1-7-10(5-6-20-7)11-16-17-13(18(11)14)21-8(2)12(19)15-9-3-4-9/h5-6,8-9H,3-4,14H2,1-2H3,(H,15,19). The van der Waals surface area contributed by atoms with E-state index in [0.29, 0.717) is 17.0 Å². The van der Waals surface area contributed by atoms with Gasteiger partial charge in [-0.05, 0) is 32.8 Å². The molecule has 0 radical (unpaired) electrons. The smallest absolute Gasteiger partial charge is 0.233 e. The lowest BCUT2D eigenvalue weighted by atomic mass is 10.2. The minimum absolute atomic E-state index is 0.00606. The van der Waals surface area contributed by atoms with E-state index >= 15 is 0 Å². The summed E-state index contributed by atoms with van der Waals surface area (Å²) in [5, 5.41) is 11.3. The number of furan rings is 1. The maximum atomic E-state index is 12.0. The fourth-order valence-electron chi connectivity index (χ4n) is 1.92. The second kappa shape index (κ2) is 5.44. The van der Waals surface area contributed by atoms with Gasteiger partial charge in [0.25, 0.3) is 0 Å². The number of carbonyl (C=O) groups is 1. The fraction of sp³-hybridized carbons (Fsp3) is 0.462. The molecule has 1 amide bonds. The third-order valence-corrected chi connectivity index (χ3v) is 4.40. The molecule has 2 aromatic rings. The summed E-state index contributed by atoms with van der Waals surface area (Å²) in [6.07, 6.45) is 3.72. The van der Waals surface area contributed by atoms with Crippen LogP contribution in [0.25, 0.3) is 11.4 Å². The van der Waals surface area contributed by atoms with Crippen molar-refractivity contribution in [3.63, 3.8) is 0 Å². The lowest BCUT2D eigenvalue weighted by Crippen LogP contribution is -2.32. The second-order valence-corrected chi connectivity index (χ2v) is 6.42.